The van der Waals surface area contributed by atoms with Crippen molar-refractivity contribution >= 4 is 28.4 Å². The molecule has 2 aromatic carbocycles. The molecule has 0 saturated heterocycles. The fourth-order valence-electron chi connectivity index (χ4n) is 3.62. The summed E-state index contributed by atoms with van der Waals surface area (Å²) in [4.78, 5) is 32.6. The van der Waals surface area contributed by atoms with E-state index in [0.29, 0.717) is 17.2 Å². The van der Waals surface area contributed by atoms with E-state index in [0.717, 1.165) is 10.9 Å². The third-order valence-electron chi connectivity index (χ3n) is 5.14. The molecule has 0 radical (unpaired) electrons. The molecule has 4 rings (SSSR count). The van der Waals surface area contributed by atoms with Crippen LogP contribution in [0.4, 0.5) is 5.69 Å². The molecule has 1 aliphatic rings. The molecular weight excluding hydrogens is 406 g/mol. The number of aromatic nitrogens is 1. The SMILES string of the molecule is C[C@@H](C(=O)NC(C)(C)C)N(C(=O)[C@@H]1COc2ccccc2O1)c1cnc2ccccc2c1. The highest BCUT2D eigenvalue weighted by Gasteiger charge is 2.37. The van der Waals surface area contributed by atoms with Crippen LogP contribution in [-0.2, 0) is 9.59 Å². The largest absolute Gasteiger partial charge is 0.485 e. The number of rotatable bonds is 4. The zero-order valence-corrected chi connectivity index (χ0v) is 18.7. The molecule has 2 heterocycles. The van der Waals surface area contributed by atoms with Crippen molar-refractivity contribution in [2.24, 2.45) is 0 Å². The van der Waals surface area contributed by atoms with Crippen LogP contribution >= 0.6 is 0 Å². The van der Waals surface area contributed by atoms with Gasteiger partial charge in [0.25, 0.3) is 5.91 Å². The van der Waals surface area contributed by atoms with Crippen molar-refractivity contribution in [1.82, 2.24) is 10.3 Å². The van der Waals surface area contributed by atoms with Crippen LogP contribution < -0.4 is 19.7 Å². The van der Waals surface area contributed by atoms with Gasteiger partial charge in [0.05, 0.1) is 17.4 Å². The lowest BCUT2D eigenvalue weighted by atomic mass is 10.1. The molecule has 3 aromatic rings. The first-order chi connectivity index (χ1) is 15.2. The summed E-state index contributed by atoms with van der Waals surface area (Å²) < 4.78 is 11.7. The monoisotopic (exact) mass is 433 g/mol. The molecule has 1 aromatic heterocycles. The lowest BCUT2D eigenvalue weighted by Gasteiger charge is -2.34. The summed E-state index contributed by atoms with van der Waals surface area (Å²) in [6, 6.07) is 15.9. The molecule has 1 N–H and O–H groups in total. The van der Waals surface area contributed by atoms with Crippen molar-refractivity contribution in [3.8, 4) is 11.5 Å². The molecular formula is C25H27N3O4. The molecule has 2 atom stereocenters. The predicted molar refractivity (Wildman–Crippen MR) is 123 cm³/mol. The molecule has 166 valence electrons. The Hall–Kier alpha value is -3.61. The summed E-state index contributed by atoms with van der Waals surface area (Å²) in [6.07, 6.45) is 0.722. The highest BCUT2D eigenvalue weighted by atomic mass is 16.6. The van der Waals surface area contributed by atoms with Crippen molar-refractivity contribution in [2.75, 3.05) is 11.5 Å². The summed E-state index contributed by atoms with van der Waals surface area (Å²) in [5.74, 6) is 0.457. The van der Waals surface area contributed by atoms with E-state index in [4.69, 9.17) is 9.47 Å². The van der Waals surface area contributed by atoms with Crippen molar-refractivity contribution < 1.29 is 19.1 Å². The normalized spacial score (nSPS) is 16.3. The zero-order chi connectivity index (χ0) is 22.9. The molecule has 0 unspecified atom stereocenters. The van der Waals surface area contributed by atoms with Gasteiger partial charge in [0.2, 0.25) is 12.0 Å². The third-order valence-corrected chi connectivity index (χ3v) is 5.14. The minimum atomic E-state index is -0.888. The van der Waals surface area contributed by atoms with Crippen molar-refractivity contribution in [2.45, 2.75) is 45.4 Å². The van der Waals surface area contributed by atoms with Gasteiger partial charge in [0.15, 0.2) is 11.5 Å². The Kier molecular flexibility index (Phi) is 5.74. The summed E-state index contributed by atoms with van der Waals surface area (Å²) >= 11 is 0. The number of pyridine rings is 1. The summed E-state index contributed by atoms with van der Waals surface area (Å²) in [5.41, 5.74) is 0.889. The Labute approximate surface area is 187 Å². The number of para-hydroxylation sites is 3. The maximum atomic E-state index is 13.7. The van der Waals surface area contributed by atoms with Crippen molar-refractivity contribution in [1.29, 1.82) is 0 Å². The van der Waals surface area contributed by atoms with E-state index in [-0.39, 0.29) is 18.4 Å². The molecule has 32 heavy (non-hydrogen) atoms. The van der Waals surface area contributed by atoms with Crippen LogP contribution in [0.2, 0.25) is 0 Å². The number of hydrogen-bond acceptors (Lipinski definition) is 5. The maximum Gasteiger partial charge on any atom is 0.272 e. The van der Waals surface area contributed by atoms with Crippen molar-refractivity contribution in [3.05, 3.63) is 60.8 Å². The quantitative estimate of drug-likeness (QED) is 0.678. The number of carbonyl (C=O) groups is 2. The summed E-state index contributed by atoms with van der Waals surface area (Å²) in [6.45, 7) is 7.45. The number of ether oxygens (including phenoxy) is 2. The fourth-order valence-corrected chi connectivity index (χ4v) is 3.62. The fraction of sp³-hybridized carbons (Fsp3) is 0.320. The number of nitrogens with one attached hydrogen (secondary N) is 1. The number of carbonyl (C=O) groups excluding carboxylic acids is 2. The minimum Gasteiger partial charge on any atom is -0.485 e. The molecule has 0 aliphatic carbocycles. The summed E-state index contributed by atoms with van der Waals surface area (Å²) in [5, 5.41) is 3.83. The Morgan fingerprint density at radius 2 is 1.78 bits per heavy atom. The molecule has 0 spiro atoms. The molecule has 7 nitrogen and oxygen atoms in total. The smallest absolute Gasteiger partial charge is 0.272 e. The van der Waals surface area contributed by atoms with Gasteiger partial charge in [-0.15, -0.1) is 0 Å². The lowest BCUT2D eigenvalue weighted by molar-refractivity contribution is -0.131. The Morgan fingerprint density at radius 3 is 2.53 bits per heavy atom. The van der Waals surface area contributed by atoms with Gasteiger partial charge in [-0.1, -0.05) is 30.3 Å². The van der Waals surface area contributed by atoms with E-state index in [2.05, 4.69) is 10.3 Å². The van der Waals surface area contributed by atoms with E-state index >= 15 is 0 Å². The van der Waals surface area contributed by atoms with Crippen LogP contribution in [0.15, 0.2) is 60.8 Å². The van der Waals surface area contributed by atoms with Gasteiger partial charge in [0, 0.05) is 10.9 Å². The standard InChI is InChI=1S/C25H27N3O4/c1-16(23(29)27-25(2,3)4)28(18-13-17-9-5-6-10-19(17)26-14-18)24(30)22-15-31-20-11-7-8-12-21(20)32-22/h5-14,16,22H,15H2,1-4H3,(H,27,29)/t16-,22-/m0/s1. The van der Waals surface area contributed by atoms with Crippen LogP contribution in [0.25, 0.3) is 10.9 Å². The lowest BCUT2D eigenvalue weighted by Crippen LogP contribution is -2.56. The average molecular weight is 434 g/mol. The number of hydrogen-bond donors (Lipinski definition) is 1. The number of amides is 2. The number of fused-ring (bicyclic) bond motifs is 2. The first-order valence-corrected chi connectivity index (χ1v) is 10.6. The molecule has 7 heteroatoms. The van der Waals surface area contributed by atoms with Gasteiger partial charge in [-0.25, -0.2) is 0 Å². The van der Waals surface area contributed by atoms with Gasteiger partial charge < -0.3 is 14.8 Å². The first-order valence-electron chi connectivity index (χ1n) is 10.6. The van der Waals surface area contributed by atoms with Crippen LogP contribution in [0.5, 0.6) is 11.5 Å². The van der Waals surface area contributed by atoms with Gasteiger partial charge >= 0.3 is 0 Å². The maximum absolute atomic E-state index is 13.7. The minimum absolute atomic E-state index is 0.0565. The first kappa shape index (κ1) is 21.6. The van der Waals surface area contributed by atoms with E-state index in [9.17, 15) is 9.59 Å². The van der Waals surface area contributed by atoms with Crippen molar-refractivity contribution in [3.63, 3.8) is 0 Å². The van der Waals surface area contributed by atoms with E-state index in [1.807, 2.05) is 63.2 Å². The van der Waals surface area contributed by atoms with Gasteiger partial charge in [-0.3, -0.25) is 19.5 Å². The second kappa shape index (κ2) is 8.49. The van der Waals surface area contributed by atoms with E-state index in [1.54, 1.807) is 25.3 Å². The molecule has 2 amide bonds. The Balaban J connectivity index is 1.69. The Bertz CT molecular complexity index is 1160. The molecule has 0 saturated carbocycles. The summed E-state index contributed by atoms with van der Waals surface area (Å²) in [7, 11) is 0. The average Bonchev–Trinajstić information content (AvgIpc) is 2.77. The van der Waals surface area contributed by atoms with Crippen LogP contribution in [0, 0.1) is 0 Å². The van der Waals surface area contributed by atoms with Gasteiger partial charge in [-0.2, -0.15) is 0 Å². The van der Waals surface area contributed by atoms with Crippen LogP contribution in [0.1, 0.15) is 27.7 Å². The predicted octanol–water partition coefficient (Wildman–Crippen LogP) is 3.71. The number of anilines is 1. The molecule has 0 bridgehead atoms. The molecule has 1 aliphatic heterocycles. The number of nitrogens with zero attached hydrogens (tertiary/aromatic N) is 2. The highest BCUT2D eigenvalue weighted by Crippen LogP contribution is 2.32. The second-order valence-electron chi connectivity index (χ2n) is 8.87. The van der Waals surface area contributed by atoms with Crippen LogP contribution in [-0.4, -0.2) is 41.1 Å². The number of benzene rings is 2. The molecule has 0 fully saturated rings. The van der Waals surface area contributed by atoms with Gasteiger partial charge in [-0.05, 0) is 52.0 Å². The van der Waals surface area contributed by atoms with E-state index < -0.39 is 17.7 Å². The Morgan fingerprint density at radius 1 is 1.09 bits per heavy atom. The topological polar surface area (TPSA) is 80.8 Å². The highest BCUT2D eigenvalue weighted by molar-refractivity contribution is 6.04. The van der Waals surface area contributed by atoms with Gasteiger partial charge in [0.1, 0.15) is 12.6 Å². The second-order valence-corrected chi connectivity index (χ2v) is 8.87. The van der Waals surface area contributed by atoms with Crippen LogP contribution in [0.3, 0.4) is 0 Å². The third kappa shape index (κ3) is 4.51. The zero-order valence-electron chi connectivity index (χ0n) is 18.7. The van der Waals surface area contributed by atoms with E-state index in [1.165, 1.54) is 4.90 Å².